The molecule has 23 heavy (non-hydrogen) atoms. The van der Waals surface area contributed by atoms with Crippen LogP contribution >= 0.6 is 0 Å². The van der Waals surface area contributed by atoms with E-state index in [0.29, 0.717) is 12.5 Å². The molecule has 2 rings (SSSR count). The van der Waals surface area contributed by atoms with Crippen LogP contribution in [-0.2, 0) is 6.54 Å². The topological polar surface area (TPSA) is 15.3 Å². The maximum Gasteiger partial charge on any atom is 0.129 e. The van der Waals surface area contributed by atoms with Gasteiger partial charge >= 0.3 is 0 Å². The van der Waals surface area contributed by atoms with E-state index in [0.717, 1.165) is 43.6 Å². The minimum absolute atomic E-state index is 0.0706. The summed E-state index contributed by atoms with van der Waals surface area (Å²) in [5, 5.41) is 3.32. The van der Waals surface area contributed by atoms with E-state index in [-0.39, 0.29) is 11.4 Å². The Bertz CT molecular complexity index is 525. The maximum atomic E-state index is 14.6. The molecule has 0 spiro atoms. The van der Waals surface area contributed by atoms with Crippen LogP contribution in [0.4, 0.5) is 10.1 Å². The van der Waals surface area contributed by atoms with Crippen LogP contribution in [-0.4, -0.2) is 18.6 Å². The van der Waals surface area contributed by atoms with E-state index in [2.05, 4.69) is 50.9 Å². The fraction of sp³-hybridized carbons (Fsp3) is 0.700. The minimum atomic E-state index is -0.0706. The summed E-state index contributed by atoms with van der Waals surface area (Å²) in [6, 6.07) is 3.89. The summed E-state index contributed by atoms with van der Waals surface area (Å²) in [7, 11) is 0. The quantitative estimate of drug-likeness (QED) is 0.693. The van der Waals surface area contributed by atoms with E-state index < -0.39 is 0 Å². The summed E-state index contributed by atoms with van der Waals surface area (Å²) in [4.78, 5) is 2.43. The molecule has 1 aliphatic heterocycles. The zero-order valence-electron chi connectivity index (χ0n) is 15.5. The molecular formula is C20H33FN2. The maximum absolute atomic E-state index is 14.6. The van der Waals surface area contributed by atoms with Crippen molar-refractivity contribution < 1.29 is 4.39 Å². The monoisotopic (exact) mass is 320 g/mol. The zero-order valence-corrected chi connectivity index (χ0v) is 15.5. The Morgan fingerprint density at radius 3 is 2.65 bits per heavy atom. The molecule has 0 amide bonds. The molecule has 0 fully saturated rings. The van der Waals surface area contributed by atoms with Gasteiger partial charge in [-0.25, -0.2) is 4.39 Å². The van der Waals surface area contributed by atoms with Gasteiger partial charge in [0.2, 0.25) is 0 Å². The number of hydrogen-bond donors (Lipinski definition) is 1. The lowest BCUT2D eigenvalue weighted by Gasteiger charge is -2.48. The molecule has 0 aromatic heterocycles. The third kappa shape index (κ3) is 4.06. The highest BCUT2D eigenvalue weighted by Gasteiger charge is 2.36. The second kappa shape index (κ2) is 7.65. The first-order chi connectivity index (χ1) is 10.9. The number of rotatable bonds is 7. The van der Waals surface area contributed by atoms with Crippen molar-refractivity contribution in [2.75, 3.05) is 18.0 Å². The molecule has 2 nitrogen and oxygen atoms in total. The Kier molecular flexibility index (Phi) is 6.07. The summed E-state index contributed by atoms with van der Waals surface area (Å²) in [6.45, 7) is 13.8. The second-order valence-electron chi connectivity index (χ2n) is 7.60. The zero-order chi connectivity index (χ0) is 17.0. The molecule has 130 valence electrons. The first kappa shape index (κ1) is 18.3. The highest BCUT2D eigenvalue weighted by atomic mass is 19.1. The highest BCUT2D eigenvalue weighted by Crippen LogP contribution is 2.44. The van der Waals surface area contributed by atoms with E-state index in [9.17, 15) is 4.39 Å². The van der Waals surface area contributed by atoms with Crippen LogP contribution in [0.25, 0.3) is 0 Å². The molecule has 1 aromatic rings. The molecule has 1 N–H and O–H groups in total. The fourth-order valence-electron chi connectivity index (χ4n) is 3.83. The van der Waals surface area contributed by atoms with Crippen LogP contribution in [0.5, 0.6) is 0 Å². The third-order valence-corrected chi connectivity index (χ3v) is 5.03. The van der Waals surface area contributed by atoms with Gasteiger partial charge in [-0.2, -0.15) is 0 Å². The largest absolute Gasteiger partial charge is 0.366 e. The second-order valence-corrected chi connectivity index (χ2v) is 7.60. The summed E-state index contributed by atoms with van der Waals surface area (Å²) < 4.78 is 14.6. The van der Waals surface area contributed by atoms with Gasteiger partial charge in [0.05, 0.1) is 0 Å². The Morgan fingerprint density at radius 2 is 2.00 bits per heavy atom. The fourth-order valence-corrected chi connectivity index (χ4v) is 3.83. The lowest BCUT2D eigenvalue weighted by molar-refractivity contribution is 0.372. The molecule has 0 radical (unpaired) electrons. The van der Waals surface area contributed by atoms with Crippen molar-refractivity contribution >= 4 is 5.69 Å². The van der Waals surface area contributed by atoms with Crippen LogP contribution in [0.3, 0.4) is 0 Å². The van der Waals surface area contributed by atoms with Gasteiger partial charge in [-0.05, 0) is 63.3 Å². The summed E-state index contributed by atoms with van der Waals surface area (Å²) in [5.41, 5.74) is 3.32. The first-order valence-electron chi connectivity index (χ1n) is 9.21. The molecule has 1 atom stereocenters. The number of fused-ring (bicyclic) bond motifs is 1. The van der Waals surface area contributed by atoms with Crippen molar-refractivity contribution in [3.8, 4) is 0 Å². The number of benzene rings is 1. The van der Waals surface area contributed by atoms with Crippen LogP contribution in [0.1, 0.15) is 77.3 Å². The van der Waals surface area contributed by atoms with E-state index in [1.165, 1.54) is 12.0 Å². The van der Waals surface area contributed by atoms with Crippen molar-refractivity contribution in [3.05, 3.63) is 29.1 Å². The lowest BCUT2D eigenvalue weighted by atomic mass is 9.79. The normalized spacial score (nSPS) is 19.7. The van der Waals surface area contributed by atoms with E-state index in [1.807, 2.05) is 0 Å². The van der Waals surface area contributed by atoms with Gasteiger partial charge in [0.25, 0.3) is 0 Å². The average molecular weight is 320 g/mol. The number of anilines is 1. The van der Waals surface area contributed by atoms with Gasteiger partial charge in [0.15, 0.2) is 0 Å². The van der Waals surface area contributed by atoms with E-state index in [1.54, 1.807) is 6.07 Å². The minimum Gasteiger partial charge on any atom is -0.366 e. The van der Waals surface area contributed by atoms with Gasteiger partial charge in [0, 0.05) is 29.9 Å². The lowest BCUT2D eigenvalue weighted by Crippen LogP contribution is -2.48. The summed E-state index contributed by atoms with van der Waals surface area (Å²) in [5.74, 6) is 0.405. The van der Waals surface area contributed by atoms with Crippen LogP contribution in [0.2, 0.25) is 0 Å². The van der Waals surface area contributed by atoms with Gasteiger partial charge in [-0.15, -0.1) is 0 Å². The number of nitrogens with zero attached hydrogens (tertiary/aromatic N) is 1. The molecule has 0 saturated heterocycles. The predicted molar refractivity (Wildman–Crippen MR) is 97.8 cm³/mol. The standard InChI is InChI=1S/C20H33FN2/c1-6-8-10-23-19-12-18(21)16(14-22-9-7-2)11-17(19)15(3)13-20(23,4)5/h11-12,15,22H,6-10,13-14H2,1-5H3/t15-/m1/s1. The van der Waals surface area contributed by atoms with Crippen molar-refractivity contribution in [1.29, 1.82) is 0 Å². The van der Waals surface area contributed by atoms with Crippen molar-refractivity contribution in [1.82, 2.24) is 5.32 Å². The molecular weight excluding hydrogens is 287 g/mol. The van der Waals surface area contributed by atoms with Crippen LogP contribution in [0.15, 0.2) is 12.1 Å². The Balaban J connectivity index is 2.34. The number of nitrogens with one attached hydrogen (secondary N) is 1. The van der Waals surface area contributed by atoms with Crippen molar-refractivity contribution in [2.45, 2.75) is 78.3 Å². The average Bonchev–Trinajstić information content (AvgIpc) is 2.47. The first-order valence-corrected chi connectivity index (χ1v) is 9.21. The molecule has 1 heterocycles. The van der Waals surface area contributed by atoms with Gasteiger partial charge in [0.1, 0.15) is 5.82 Å². The number of hydrogen-bond acceptors (Lipinski definition) is 2. The van der Waals surface area contributed by atoms with E-state index in [4.69, 9.17) is 0 Å². The highest BCUT2D eigenvalue weighted by molar-refractivity contribution is 5.61. The van der Waals surface area contributed by atoms with Crippen LogP contribution in [0, 0.1) is 5.82 Å². The van der Waals surface area contributed by atoms with Crippen LogP contribution < -0.4 is 10.2 Å². The third-order valence-electron chi connectivity index (χ3n) is 5.03. The molecule has 0 saturated carbocycles. The van der Waals surface area contributed by atoms with Crippen molar-refractivity contribution in [2.24, 2.45) is 0 Å². The Hall–Kier alpha value is -1.09. The summed E-state index contributed by atoms with van der Waals surface area (Å²) >= 11 is 0. The molecule has 0 bridgehead atoms. The smallest absolute Gasteiger partial charge is 0.129 e. The molecule has 1 aromatic carbocycles. The Labute approximate surface area is 141 Å². The number of halogens is 1. The SMILES string of the molecule is CCCCN1c2cc(F)c(CNCCC)cc2[C@H](C)CC1(C)C. The van der Waals surface area contributed by atoms with Gasteiger partial charge in [-0.1, -0.05) is 27.2 Å². The predicted octanol–water partition coefficient (Wildman–Crippen LogP) is 5.22. The van der Waals surface area contributed by atoms with Crippen molar-refractivity contribution in [3.63, 3.8) is 0 Å². The number of unbranched alkanes of at least 4 members (excludes halogenated alkanes) is 1. The Morgan fingerprint density at radius 1 is 1.26 bits per heavy atom. The molecule has 3 heteroatoms. The summed E-state index contributed by atoms with van der Waals surface area (Å²) in [6.07, 6.45) is 4.51. The molecule has 1 aliphatic rings. The van der Waals surface area contributed by atoms with Gasteiger partial charge in [-0.3, -0.25) is 0 Å². The van der Waals surface area contributed by atoms with Gasteiger partial charge < -0.3 is 10.2 Å². The molecule has 0 unspecified atom stereocenters. The van der Waals surface area contributed by atoms with E-state index >= 15 is 0 Å². The molecule has 0 aliphatic carbocycles.